The number of anilines is 1. The van der Waals surface area contributed by atoms with Crippen molar-refractivity contribution in [1.82, 2.24) is 19.8 Å². The fourth-order valence-corrected chi connectivity index (χ4v) is 2.36. The Labute approximate surface area is 171 Å². The van der Waals surface area contributed by atoms with Gasteiger partial charge in [-0.3, -0.25) is 0 Å². The topological polar surface area (TPSA) is 108 Å². The second-order valence-electron chi connectivity index (χ2n) is 6.56. The van der Waals surface area contributed by atoms with Gasteiger partial charge in [-0.1, -0.05) is 29.8 Å². The smallest absolute Gasteiger partial charge is 0.339 e. The highest BCUT2D eigenvalue weighted by atomic mass is 35.5. The van der Waals surface area contributed by atoms with Gasteiger partial charge in [0.15, 0.2) is 0 Å². The van der Waals surface area contributed by atoms with E-state index in [4.69, 9.17) is 17.3 Å². The van der Waals surface area contributed by atoms with Crippen molar-refractivity contribution in [3.05, 3.63) is 41.0 Å². The lowest BCUT2D eigenvalue weighted by Gasteiger charge is -2.12. The van der Waals surface area contributed by atoms with Crippen LogP contribution in [-0.2, 0) is 0 Å². The van der Waals surface area contributed by atoms with Gasteiger partial charge in [0.25, 0.3) is 0 Å². The van der Waals surface area contributed by atoms with Crippen LogP contribution in [0.2, 0.25) is 5.02 Å². The number of carboxylic acid groups (broad SMARTS) is 1. The number of hydrogen-bond donors (Lipinski definition) is 3. The van der Waals surface area contributed by atoms with Gasteiger partial charge in [-0.15, -0.1) is 0 Å². The summed E-state index contributed by atoms with van der Waals surface area (Å²) in [6.07, 6.45) is 1.30. The summed E-state index contributed by atoms with van der Waals surface area (Å²) in [5.74, 6) is -0.712. The maximum atomic E-state index is 11.4. The average Bonchev–Trinajstić information content (AvgIpc) is 2.62. The Balaban J connectivity index is 0.000000568. The summed E-state index contributed by atoms with van der Waals surface area (Å²) in [7, 11) is 7.94. The van der Waals surface area contributed by atoms with Crippen molar-refractivity contribution in [2.45, 2.75) is 0 Å². The molecule has 28 heavy (non-hydrogen) atoms. The van der Waals surface area contributed by atoms with Crippen LogP contribution in [0, 0.1) is 0 Å². The number of aromatic carboxylic acids is 1. The zero-order chi connectivity index (χ0) is 21.1. The second-order valence-corrected chi connectivity index (χ2v) is 6.97. The lowest BCUT2D eigenvalue weighted by Crippen LogP contribution is -2.21. The number of rotatable bonds is 8. The fourth-order valence-electron chi connectivity index (χ4n) is 2.13. The van der Waals surface area contributed by atoms with Gasteiger partial charge in [-0.2, -0.15) is 0 Å². The molecule has 1 aromatic heterocycles. The number of hydrogen-bond acceptors (Lipinski definition) is 7. The standard InChI is InChI=1S/C15H17ClN4O2.C4H12N2/c1-20(2)8-7-17-15-18-9-11(14(21)22)13(19-15)10-5-3-4-6-12(10)16;1-6(2)4-3-5/h3-6,9H,7-8H2,1-2H3,(H,21,22)(H,17,18,19);3-5H2,1-2H3. The van der Waals surface area contributed by atoms with Crippen molar-refractivity contribution in [1.29, 1.82) is 0 Å². The summed E-state index contributed by atoms with van der Waals surface area (Å²) in [4.78, 5) is 23.8. The quantitative estimate of drug-likeness (QED) is 0.608. The van der Waals surface area contributed by atoms with Gasteiger partial charge in [0, 0.05) is 43.0 Å². The number of likely N-dealkylation sites (N-methyl/N-ethyl adjacent to an activating group) is 2. The number of aromatic nitrogens is 2. The van der Waals surface area contributed by atoms with Crippen molar-refractivity contribution in [2.75, 3.05) is 59.7 Å². The molecule has 0 fully saturated rings. The number of nitrogens with two attached hydrogens (primary N) is 1. The monoisotopic (exact) mass is 408 g/mol. The predicted molar refractivity (Wildman–Crippen MR) is 114 cm³/mol. The minimum Gasteiger partial charge on any atom is -0.478 e. The summed E-state index contributed by atoms with van der Waals surface area (Å²) in [5, 5.41) is 12.8. The zero-order valence-corrected chi connectivity index (χ0v) is 17.6. The molecule has 9 heteroatoms. The number of benzene rings is 1. The molecule has 4 N–H and O–H groups in total. The summed E-state index contributed by atoms with van der Waals surface area (Å²) in [6.45, 7) is 3.21. The molecule has 0 radical (unpaired) electrons. The van der Waals surface area contributed by atoms with Gasteiger partial charge in [0.05, 0.1) is 5.69 Å². The largest absolute Gasteiger partial charge is 0.478 e. The Morgan fingerprint density at radius 2 is 1.82 bits per heavy atom. The number of carbonyl (C=O) groups is 1. The van der Waals surface area contributed by atoms with Crippen LogP contribution < -0.4 is 11.1 Å². The molecule has 1 heterocycles. The Kier molecular flexibility index (Phi) is 10.4. The van der Waals surface area contributed by atoms with Crippen LogP contribution in [0.25, 0.3) is 11.3 Å². The molecule has 0 unspecified atom stereocenters. The fraction of sp³-hybridized carbons (Fsp3) is 0.421. The highest BCUT2D eigenvalue weighted by Crippen LogP contribution is 2.29. The molecule has 0 atom stereocenters. The van der Waals surface area contributed by atoms with Crippen LogP contribution in [0.1, 0.15) is 10.4 Å². The van der Waals surface area contributed by atoms with E-state index in [9.17, 15) is 9.90 Å². The Morgan fingerprint density at radius 1 is 1.18 bits per heavy atom. The van der Waals surface area contributed by atoms with E-state index in [2.05, 4.69) is 20.2 Å². The lowest BCUT2D eigenvalue weighted by molar-refractivity contribution is 0.0697. The molecular weight excluding hydrogens is 380 g/mol. The minimum atomic E-state index is -1.09. The van der Waals surface area contributed by atoms with Crippen molar-refractivity contribution in [3.8, 4) is 11.3 Å². The Hall–Kier alpha value is -2.26. The number of nitrogens with zero attached hydrogens (tertiary/aromatic N) is 4. The SMILES string of the molecule is CN(C)CCN.CN(C)CCNc1ncc(C(=O)O)c(-c2ccccc2Cl)n1. The summed E-state index contributed by atoms with van der Waals surface area (Å²) in [6, 6.07) is 7.00. The van der Waals surface area contributed by atoms with Crippen molar-refractivity contribution in [2.24, 2.45) is 5.73 Å². The van der Waals surface area contributed by atoms with Gasteiger partial charge in [0.1, 0.15) is 5.56 Å². The number of halogens is 1. The zero-order valence-electron chi connectivity index (χ0n) is 16.8. The van der Waals surface area contributed by atoms with Gasteiger partial charge >= 0.3 is 5.97 Å². The summed E-state index contributed by atoms with van der Waals surface area (Å²) < 4.78 is 0. The highest BCUT2D eigenvalue weighted by Gasteiger charge is 2.17. The molecule has 2 rings (SSSR count). The van der Waals surface area contributed by atoms with E-state index in [0.717, 1.165) is 19.6 Å². The lowest BCUT2D eigenvalue weighted by atomic mass is 10.1. The van der Waals surface area contributed by atoms with E-state index in [1.165, 1.54) is 6.20 Å². The van der Waals surface area contributed by atoms with Crippen molar-refractivity contribution < 1.29 is 9.90 Å². The second kappa shape index (κ2) is 12.2. The van der Waals surface area contributed by atoms with E-state index in [1.54, 1.807) is 24.3 Å². The number of nitrogens with one attached hydrogen (secondary N) is 1. The first-order valence-electron chi connectivity index (χ1n) is 8.84. The third kappa shape index (κ3) is 8.18. The van der Waals surface area contributed by atoms with Gasteiger partial charge in [-0.05, 0) is 34.3 Å². The molecular formula is C19H29ClN6O2. The first kappa shape index (κ1) is 23.8. The first-order valence-corrected chi connectivity index (χ1v) is 9.22. The average molecular weight is 409 g/mol. The molecule has 0 amide bonds. The van der Waals surface area contributed by atoms with Gasteiger partial charge in [0.2, 0.25) is 5.95 Å². The molecule has 0 saturated heterocycles. The van der Waals surface area contributed by atoms with Crippen LogP contribution in [0.5, 0.6) is 0 Å². The van der Waals surface area contributed by atoms with E-state index in [-0.39, 0.29) is 5.56 Å². The van der Waals surface area contributed by atoms with Gasteiger partial charge in [-0.25, -0.2) is 14.8 Å². The van der Waals surface area contributed by atoms with Crippen LogP contribution in [0.15, 0.2) is 30.5 Å². The van der Waals surface area contributed by atoms with E-state index in [0.29, 0.717) is 28.8 Å². The van der Waals surface area contributed by atoms with Crippen LogP contribution in [0.3, 0.4) is 0 Å². The normalized spacial score (nSPS) is 10.6. The highest BCUT2D eigenvalue weighted by molar-refractivity contribution is 6.33. The first-order chi connectivity index (χ1) is 13.3. The maximum absolute atomic E-state index is 11.4. The summed E-state index contributed by atoms with van der Waals surface area (Å²) >= 11 is 6.15. The molecule has 0 aliphatic heterocycles. The predicted octanol–water partition coefficient (Wildman–Crippen LogP) is 1.98. The molecule has 1 aromatic carbocycles. The molecule has 0 bridgehead atoms. The Morgan fingerprint density at radius 3 is 2.32 bits per heavy atom. The molecule has 0 aliphatic rings. The van der Waals surface area contributed by atoms with E-state index in [1.807, 2.05) is 33.1 Å². The third-order valence-electron chi connectivity index (χ3n) is 3.57. The third-order valence-corrected chi connectivity index (χ3v) is 3.90. The van der Waals surface area contributed by atoms with Crippen LogP contribution in [-0.4, -0.2) is 85.2 Å². The molecule has 0 saturated carbocycles. The maximum Gasteiger partial charge on any atom is 0.339 e. The van der Waals surface area contributed by atoms with E-state index >= 15 is 0 Å². The summed E-state index contributed by atoms with van der Waals surface area (Å²) in [5.41, 5.74) is 6.08. The van der Waals surface area contributed by atoms with Gasteiger partial charge < -0.3 is 26.0 Å². The molecule has 0 spiro atoms. The van der Waals surface area contributed by atoms with E-state index < -0.39 is 5.97 Å². The minimum absolute atomic E-state index is 0.0197. The van der Waals surface area contributed by atoms with Crippen molar-refractivity contribution >= 4 is 23.5 Å². The molecule has 8 nitrogen and oxygen atoms in total. The molecule has 154 valence electrons. The molecule has 2 aromatic rings. The van der Waals surface area contributed by atoms with Crippen LogP contribution >= 0.6 is 11.6 Å². The Bertz CT molecular complexity index is 755. The van der Waals surface area contributed by atoms with Crippen molar-refractivity contribution in [3.63, 3.8) is 0 Å². The molecule has 0 aliphatic carbocycles. The van der Waals surface area contributed by atoms with Crippen LogP contribution in [0.4, 0.5) is 5.95 Å². The number of carboxylic acids is 1.